The SMILES string of the molecule is CC[C@@H](C)OC(=O)C1C(C)=NC2=C(C(=O)C[C@H](c3ccc(Cl)cc3)C2)[C@@H]1c1cccc(Cl)c1. The summed E-state index contributed by atoms with van der Waals surface area (Å²) in [7, 11) is 0. The summed E-state index contributed by atoms with van der Waals surface area (Å²) in [6.45, 7) is 5.69. The molecule has 33 heavy (non-hydrogen) atoms. The second kappa shape index (κ2) is 9.82. The molecule has 1 unspecified atom stereocenters. The lowest BCUT2D eigenvalue weighted by Gasteiger charge is -2.37. The van der Waals surface area contributed by atoms with Crippen LogP contribution in [0.4, 0.5) is 0 Å². The van der Waals surface area contributed by atoms with Crippen LogP contribution in [-0.2, 0) is 14.3 Å². The Balaban J connectivity index is 1.78. The molecule has 0 spiro atoms. The third kappa shape index (κ3) is 4.92. The van der Waals surface area contributed by atoms with Gasteiger partial charge >= 0.3 is 5.97 Å². The van der Waals surface area contributed by atoms with Gasteiger partial charge in [-0.2, -0.15) is 0 Å². The van der Waals surface area contributed by atoms with Crippen molar-refractivity contribution in [2.24, 2.45) is 10.9 Å². The lowest BCUT2D eigenvalue weighted by molar-refractivity contribution is -0.151. The summed E-state index contributed by atoms with van der Waals surface area (Å²) >= 11 is 12.4. The van der Waals surface area contributed by atoms with E-state index in [0.29, 0.717) is 40.6 Å². The van der Waals surface area contributed by atoms with Crippen molar-refractivity contribution in [3.05, 3.63) is 81.0 Å². The number of halogens is 2. The Labute approximate surface area is 204 Å². The summed E-state index contributed by atoms with van der Waals surface area (Å²) < 4.78 is 5.71. The van der Waals surface area contributed by atoms with Crippen LogP contribution in [0.1, 0.15) is 63.0 Å². The van der Waals surface area contributed by atoms with Crippen molar-refractivity contribution in [1.29, 1.82) is 0 Å². The fourth-order valence-corrected chi connectivity index (χ4v) is 5.08. The van der Waals surface area contributed by atoms with Gasteiger partial charge in [0.15, 0.2) is 5.78 Å². The van der Waals surface area contributed by atoms with Crippen molar-refractivity contribution in [2.45, 2.75) is 58.0 Å². The van der Waals surface area contributed by atoms with E-state index in [-0.39, 0.29) is 23.8 Å². The van der Waals surface area contributed by atoms with Crippen molar-refractivity contribution in [1.82, 2.24) is 0 Å². The number of ether oxygens (including phenoxy) is 1. The van der Waals surface area contributed by atoms with Crippen LogP contribution in [0.15, 0.2) is 64.8 Å². The maximum atomic E-state index is 13.6. The van der Waals surface area contributed by atoms with Crippen molar-refractivity contribution < 1.29 is 14.3 Å². The molecular weight excluding hydrogens is 457 g/mol. The Hall–Kier alpha value is -2.43. The molecule has 172 valence electrons. The summed E-state index contributed by atoms with van der Waals surface area (Å²) in [6, 6.07) is 15.0. The zero-order valence-corrected chi connectivity index (χ0v) is 20.5. The Morgan fingerprint density at radius 3 is 2.48 bits per heavy atom. The number of carbonyl (C=O) groups excluding carboxylic acids is 2. The van der Waals surface area contributed by atoms with Gasteiger partial charge in [0.25, 0.3) is 0 Å². The molecule has 1 aliphatic carbocycles. The largest absolute Gasteiger partial charge is 0.462 e. The molecule has 0 bridgehead atoms. The predicted octanol–water partition coefficient (Wildman–Crippen LogP) is 6.91. The van der Waals surface area contributed by atoms with E-state index >= 15 is 0 Å². The fraction of sp³-hybridized carbons (Fsp3) is 0.370. The molecule has 6 heteroatoms. The third-order valence-corrected chi connectivity index (χ3v) is 7.07. The number of carbonyl (C=O) groups is 2. The first-order valence-electron chi connectivity index (χ1n) is 11.3. The Bertz CT molecular complexity index is 1140. The van der Waals surface area contributed by atoms with Crippen molar-refractivity contribution in [3.8, 4) is 0 Å². The lowest BCUT2D eigenvalue weighted by atomic mass is 9.69. The highest BCUT2D eigenvalue weighted by Gasteiger charge is 2.45. The van der Waals surface area contributed by atoms with E-state index < -0.39 is 11.8 Å². The van der Waals surface area contributed by atoms with E-state index in [0.717, 1.165) is 16.8 Å². The summed E-state index contributed by atoms with van der Waals surface area (Å²) in [5.41, 5.74) is 3.91. The van der Waals surface area contributed by atoms with Crippen LogP contribution < -0.4 is 0 Å². The molecule has 2 aromatic rings. The molecule has 1 aliphatic heterocycles. The first-order valence-corrected chi connectivity index (χ1v) is 12.1. The zero-order chi connectivity index (χ0) is 23.7. The number of benzene rings is 2. The zero-order valence-electron chi connectivity index (χ0n) is 19.0. The van der Waals surface area contributed by atoms with Gasteiger partial charge in [0, 0.05) is 39.4 Å². The molecule has 0 saturated carbocycles. The van der Waals surface area contributed by atoms with E-state index in [4.69, 9.17) is 32.9 Å². The van der Waals surface area contributed by atoms with Gasteiger partial charge in [-0.1, -0.05) is 54.4 Å². The van der Waals surface area contributed by atoms with Crippen molar-refractivity contribution >= 4 is 40.7 Å². The van der Waals surface area contributed by atoms with E-state index in [1.54, 1.807) is 6.07 Å². The lowest BCUT2D eigenvalue weighted by Crippen LogP contribution is -2.39. The van der Waals surface area contributed by atoms with Gasteiger partial charge in [-0.3, -0.25) is 14.6 Å². The average Bonchev–Trinajstić information content (AvgIpc) is 2.78. The molecule has 4 atom stereocenters. The number of ketones is 1. The number of hydrogen-bond donors (Lipinski definition) is 0. The molecule has 0 saturated heterocycles. The monoisotopic (exact) mass is 483 g/mol. The maximum absolute atomic E-state index is 13.6. The predicted molar refractivity (Wildman–Crippen MR) is 132 cm³/mol. The Morgan fingerprint density at radius 2 is 1.82 bits per heavy atom. The standard InChI is InChI=1S/C27H27Cl2NO3/c1-4-15(2)33-27(32)24-16(3)30-22-13-19(17-8-10-20(28)11-9-17)14-23(31)26(22)25(24)18-6-5-7-21(29)12-18/h5-12,15,19,24-25H,4,13-14H2,1-3H3/t15-,19-,24?,25-/m1/s1. The highest BCUT2D eigenvalue weighted by molar-refractivity contribution is 6.31. The number of hydrogen-bond acceptors (Lipinski definition) is 4. The van der Waals surface area contributed by atoms with Gasteiger partial charge in [-0.05, 0) is 68.0 Å². The molecule has 0 amide bonds. The molecule has 2 aromatic carbocycles. The van der Waals surface area contributed by atoms with Crippen LogP contribution in [-0.4, -0.2) is 23.6 Å². The van der Waals surface area contributed by atoms with E-state index in [9.17, 15) is 9.59 Å². The number of nitrogens with zero attached hydrogens (tertiary/aromatic N) is 1. The summed E-state index contributed by atoms with van der Waals surface area (Å²) in [4.78, 5) is 31.6. The van der Waals surface area contributed by atoms with Crippen LogP contribution >= 0.6 is 23.2 Å². The van der Waals surface area contributed by atoms with Crippen LogP contribution in [0.25, 0.3) is 0 Å². The van der Waals surface area contributed by atoms with Gasteiger partial charge in [0.2, 0.25) is 0 Å². The number of Topliss-reactive ketones (excluding diaryl/α,β-unsaturated/α-hetero) is 1. The highest BCUT2D eigenvalue weighted by atomic mass is 35.5. The second-order valence-corrected chi connectivity index (χ2v) is 9.73. The van der Waals surface area contributed by atoms with Crippen LogP contribution in [0.3, 0.4) is 0 Å². The second-order valence-electron chi connectivity index (χ2n) is 8.86. The minimum absolute atomic E-state index is 0.0127. The molecule has 1 heterocycles. The fourth-order valence-electron chi connectivity index (χ4n) is 4.75. The third-order valence-electron chi connectivity index (χ3n) is 6.58. The normalized spacial score (nSPS) is 23.6. The molecule has 0 fully saturated rings. The van der Waals surface area contributed by atoms with E-state index in [2.05, 4.69) is 0 Å². The first-order chi connectivity index (χ1) is 15.8. The summed E-state index contributed by atoms with van der Waals surface area (Å²) in [6.07, 6.45) is 1.49. The summed E-state index contributed by atoms with van der Waals surface area (Å²) in [5.74, 6) is -1.44. The highest BCUT2D eigenvalue weighted by Crippen LogP contribution is 2.47. The molecule has 0 radical (unpaired) electrons. The van der Waals surface area contributed by atoms with Crippen LogP contribution in [0, 0.1) is 5.92 Å². The molecular formula is C27H27Cl2NO3. The van der Waals surface area contributed by atoms with Gasteiger partial charge in [-0.15, -0.1) is 0 Å². The number of allylic oxidation sites excluding steroid dienone is 2. The molecule has 2 aliphatic rings. The number of aliphatic imine (C=N–C) groups is 1. The maximum Gasteiger partial charge on any atom is 0.315 e. The van der Waals surface area contributed by atoms with Gasteiger partial charge < -0.3 is 4.74 Å². The number of rotatable bonds is 5. The first kappa shape index (κ1) is 23.7. The quantitative estimate of drug-likeness (QED) is 0.434. The molecule has 4 rings (SSSR count). The van der Waals surface area contributed by atoms with Gasteiger partial charge in [0.1, 0.15) is 5.92 Å². The van der Waals surface area contributed by atoms with Crippen molar-refractivity contribution in [2.75, 3.05) is 0 Å². The van der Waals surface area contributed by atoms with Gasteiger partial charge in [0.05, 0.1) is 6.10 Å². The van der Waals surface area contributed by atoms with Crippen LogP contribution in [0.2, 0.25) is 10.0 Å². The molecule has 0 N–H and O–H groups in total. The molecule has 4 nitrogen and oxygen atoms in total. The average molecular weight is 484 g/mol. The smallest absolute Gasteiger partial charge is 0.315 e. The minimum Gasteiger partial charge on any atom is -0.462 e. The van der Waals surface area contributed by atoms with Crippen molar-refractivity contribution in [3.63, 3.8) is 0 Å². The van der Waals surface area contributed by atoms with E-state index in [1.165, 1.54) is 0 Å². The topological polar surface area (TPSA) is 55.7 Å². The Morgan fingerprint density at radius 1 is 1.09 bits per heavy atom. The van der Waals surface area contributed by atoms with Gasteiger partial charge in [-0.25, -0.2) is 0 Å². The van der Waals surface area contributed by atoms with E-state index in [1.807, 2.05) is 63.2 Å². The minimum atomic E-state index is -0.660. The Kier molecular flexibility index (Phi) is 7.06. The summed E-state index contributed by atoms with van der Waals surface area (Å²) in [5, 5.41) is 1.22. The number of esters is 1. The molecule has 0 aromatic heterocycles. The van der Waals surface area contributed by atoms with Crippen LogP contribution in [0.5, 0.6) is 0 Å².